The molecule has 0 aliphatic rings. The van der Waals surface area contributed by atoms with Gasteiger partial charge in [-0.2, -0.15) is 5.26 Å². The third-order valence-electron chi connectivity index (χ3n) is 2.54. The summed E-state index contributed by atoms with van der Waals surface area (Å²) < 4.78 is 4.97. The molecule has 0 radical (unpaired) electrons. The summed E-state index contributed by atoms with van der Waals surface area (Å²) in [6.45, 7) is 9.26. The summed E-state index contributed by atoms with van der Waals surface area (Å²) in [6, 6.07) is 2.06. The molecule has 0 heterocycles. The van der Waals surface area contributed by atoms with Crippen molar-refractivity contribution in [2.24, 2.45) is 11.3 Å². The Balaban J connectivity index is 5.28. The van der Waals surface area contributed by atoms with E-state index in [1.54, 1.807) is 19.9 Å². The molecule has 0 aromatic heterocycles. The quantitative estimate of drug-likeness (QED) is 0.417. The third-order valence-corrected chi connectivity index (χ3v) is 2.54. The van der Waals surface area contributed by atoms with Gasteiger partial charge in [-0.05, 0) is 20.3 Å². The van der Waals surface area contributed by atoms with Crippen molar-refractivity contribution in [1.29, 1.82) is 5.26 Å². The van der Waals surface area contributed by atoms with Gasteiger partial charge in [-0.1, -0.05) is 18.9 Å². The zero-order chi connectivity index (χ0) is 13.3. The second kappa shape index (κ2) is 7.52. The first-order valence-electron chi connectivity index (χ1n) is 5.76. The molecule has 2 atom stereocenters. The minimum Gasteiger partial charge on any atom is -0.465 e. The van der Waals surface area contributed by atoms with Crippen LogP contribution in [0.25, 0.3) is 0 Å². The van der Waals surface area contributed by atoms with Crippen molar-refractivity contribution >= 4 is 5.97 Å². The number of nitrogens with zero attached hydrogens (tertiary/aromatic N) is 1. The number of rotatable bonds is 5. The van der Waals surface area contributed by atoms with Gasteiger partial charge in [-0.15, -0.1) is 12.5 Å². The number of ether oxygens (including phenoxy) is 1. The second-order valence-electron chi connectivity index (χ2n) is 3.69. The van der Waals surface area contributed by atoms with Crippen LogP contribution in [0.1, 0.15) is 33.6 Å². The van der Waals surface area contributed by atoms with Crippen LogP contribution in [0.15, 0.2) is 12.7 Å². The third kappa shape index (κ3) is 3.64. The van der Waals surface area contributed by atoms with E-state index in [0.717, 1.165) is 0 Å². The molecule has 0 fully saturated rings. The first kappa shape index (κ1) is 15.3. The number of allylic oxidation sites excluding steroid dienone is 1. The van der Waals surface area contributed by atoms with Gasteiger partial charge < -0.3 is 4.74 Å². The molecule has 0 saturated heterocycles. The SMILES string of the molecule is C=CCC(C#N)(C(=O)OCC)C(C)C#CCC. The Bertz CT molecular complexity index is 370. The van der Waals surface area contributed by atoms with E-state index < -0.39 is 11.4 Å². The number of esters is 1. The molecule has 3 heteroatoms. The molecule has 0 N–H and O–H groups in total. The number of hydrogen-bond acceptors (Lipinski definition) is 3. The van der Waals surface area contributed by atoms with Crippen molar-refractivity contribution in [1.82, 2.24) is 0 Å². The molecule has 0 bridgehead atoms. The fourth-order valence-corrected chi connectivity index (χ4v) is 1.49. The molecule has 0 aliphatic heterocycles. The second-order valence-corrected chi connectivity index (χ2v) is 3.69. The van der Waals surface area contributed by atoms with Crippen molar-refractivity contribution in [3.63, 3.8) is 0 Å². The monoisotopic (exact) mass is 233 g/mol. The lowest BCUT2D eigenvalue weighted by molar-refractivity contribution is -0.153. The standard InChI is InChI=1S/C14H19NO2/c1-5-8-9-12(4)14(11-15,10-6-2)13(16)17-7-3/h6,12H,2,5,7,10H2,1,3-4H3. The predicted molar refractivity (Wildman–Crippen MR) is 66.7 cm³/mol. The Labute approximate surface area is 103 Å². The van der Waals surface area contributed by atoms with Gasteiger partial charge in [-0.25, -0.2) is 0 Å². The van der Waals surface area contributed by atoms with Crippen molar-refractivity contribution in [3.05, 3.63) is 12.7 Å². The Morgan fingerprint density at radius 2 is 2.24 bits per heavy atom. The van der Waals surface area contributed by atoms with E-state index >= 15 is 0 Å². The van der Waals surface area contributed by atoms with Gasteiger partial charge >= 0.3 is 5.97 Å². The smallest absolute Gasteiger partial charge is 0.328 e. The summed E-state index contributed by atoms with van der Waals surface area (Å²) in [5.41, 5.74) is -1.24. The maximum absolute atomic E-state index is 11.9. The van der Waals surface area contributed by atoms with E-state index in [9.17, 15) is 10.1 Å². The van der Waals surface area contributed by atoms with Gasteiger partial charge in [0, 0.05) is 12.3 Å². The van der Waals surface area contributed by atoms with Crippen LogP contribution in [-0.4, -0.2) is 12.6 Å². The van der Waals surface area contributed by atoms with Gasteiger partial charge in [0.15, 0.2) is 5.41 Å². The van der Waals surface area contributed by atoms with E-state index in [0.29, 0.717) is 6.42 Å². The lowest BCUT2D eigenvalue weighted by Gasteiger charge is -2.26. The van der Waals surface area contributed by atoms with Crippen LogP contribution in [-0.2, 0) is 9.53 Å². The highest BCUT2D eigenvalue weighted by Gasteiger charge is 2.44. The summed E-state index contributed by atoms with van der Waals surface area (Å²) in [4.78, 5) is 11.9. The summed E-state index contributed by atoms with van der Waals surface area (Å²) in [5, 5.41) is 9.31. The molecule has 92 valence electrons. The van der Waals surface area contributed by atoms with Crippen LogP contribution in [0, 0.1) is 34.5 Å². The van der Waals surface area contributed by atoms with Crippen molar-refractivity contribution in [2.75, 3.05) is 6.61 Å². The Morgan fingerprint density at radius 3 is 2.65 bits per heavy atom. The van der Waals surface area contributed by atoms with Crippen molar-refractivity contribution in [3.8, 4) is 17.9 Å². The number of nitriles is 1. The number of carbonyl (C=O) groups excluding carboxylic acids is 1. The maximum Gasteiger partial charge on any atom is 0.328 e. The Hall–Kier alpha value is -1.74. The molecule has 0 rings (SSSR count). The normalized spacial score (nSPS) is 14.5. The van der Waals surface area contributed by atoms with E-state index in [-0.39, 0.29) is 18.9 Å². The minimum atomic E-state index is -1.24. The largest absolute Gasteiger partial charge is 0.465 e. The topological polar surface area (TPSA) is 50.1 Å². The molecule has 0 aromatic carbocycles. The van der Waals surface area contributed by atoms with E-state index in [1.807, 2.05) is 6.92 Å². The summed E-state index contributed by atoms with van der Waals surface area (Å²) in [5.74, 6) is 4.94. The lowest BCUT2D eigenvalue weighted by Crippen LogP contribution is -2.37. The fraction of sp³-hybridized carbons (Fsp3) is 0.571. The zero-order valence-corrected chi connectivity index (χ0v) is 10.7. The predicted octanol–water partition coefficient (Wildman–Crippen LogP) is 2.69. The van der Waals surface area contributed by atoms with E-state index in [4.69, 9.17) is 4.74 Å². The van der Waals surface area contributed by atoms with Gasteiger partial charge in [0.2, 0.25) is 0 Å². The Kier molecular flexibility index (Phi) is 6.75. The molecule has 0 aromatic rings. The van der Waals surface area contributed by atoms with Crippen molar-refractivity contribution in [2.45, 2.75) is 33.6 Å². The average Bonchev–Trinajstić information content (AvgIpc) is 2.33. The Morgan fingerprint density at radius 1 is 1.59 bits per heavy atom. The van der Waals surface area contributed by atoms with Crippen LogP contribution in [0.4, 0.5) is 0 Å². The number of carbonyl (C=O) groups is 1. The molecule has 0 spiro atoms. The van der Waals surface area contributed by atoms with Gasteiger partial charge in [0.25, 0.3) is 0 Å². The molecular weight excluding hydrogens is 214 g/mol. The molecular formula is C14H19NO2. The fourth-order valence-electron chi connectivity index (χ4n) is 1.49. The van der Waals surface area contributed by atoms with E-state index in [2.05, 4.69) is 24.5 Å². The van der Waals surface area contributed by atoms with Crippen LogP contribution in [0.2, 0.25) is 0 Å². The summed E-state index contributed by atoms with van der Waals surface area (Å²) in [6.07, 6.45) is 2.51. The van der Waals surface area contributed by atoms with Gasteiger partial charge in [-0.3, -0.25) is 4.79 Å². The highest BCUT2D eigenvalue weighted by atomic mass is 16.5. The summed E-state index contributed by atoms with van der Waals surface area (Å²) in [7, 11) is 0. The van der Waals surface area contributed by atoms with Gasteiger partial charge in [0.05, 0.1) is 12.7 Å². The van der Waals surface area contributed by atoms with Gasteiger partial charge in [0.1, 0.15) is 0 Å². The number of hydrogen-bond donors (Lipinski definition) is 0. The lowest BCUT2D eigenvalue weighted by atomic mass is 9.75. The zero-order valence-electron chi connectivity index (χ0n) is 10.7. The first-order valence-corrected chi connectivity index (χ1v) is 5.76. The first-order chi connectivity index (χ1) is 8.08. The average molecular weight is 233 g/mol. The highest BCUT2D eigenvalue weighted by Crippen LogP contribution is 2.33. The molecule has 2 unspecified atom stereocenters. The molecule has 0 aliphatic carbocycles. The minimum absolute atomic E-state index is 0.252. The molecule has 3 nitrogen and oxygen atoms in total. The van der Waals surface area contributed by atoms with Crippen LogP contribution in [0.5, 0.6) is 0 Å². The van der Waals surface area contributed by atoms with E-state index in [1.165, 1.54) is 0 Å². The van der Waals surface area contributed by atoms with Crippen LogP contribution < -0.4 is 0 Å². The summed E-state index contributed by atoms with van der Waals surface area (Å²) >= 11 is 0. The van der Waals surface area contributed by atoms with Crippen LogP contribution >= 0.6 is 0 Å². The maximum atomic E-state index is 11.9. The molecule has 0 amide bonds. The molecule has 0 saturated carbocycles. The van der Waals surface area contributed by atoms with Crippen LogP contribution in [0.3, 0.4) is 0 Å². The van der Waals surface area contributed by atoms with Crippen molar-refractivity contribution < 1.29 is 9.53 Å². The molecule has 17 heavy (non-hydrogen) atoms. The highest BCUT2D eigenvalue weighted by molar-refractivity contribution is 5.81.